The van der Waals surface area contributed by atoms with Gasteiger partial charge in [0.05, 0.1) is 12.3 Å². The van der Waals surface area contributed by atoms with Gasteiger partial charge in [0.15, 0.2) is 0 Å². The Balaban J connectivity index is 3.15. The summed E-state index contributed by atoms with van der Waals surface area (Å²) in [5, 5.41) is 18.2. The molecule has 116 valence electrons. The quantitative estimate of drug-likeness (QED) is 0.720. The van der Waals surface area contributed by atoms with E-state index >= 15 is 0 Å². The van der Waals surface area contributed by atoms with Crippen molar-refractivity contribution in [1.29, 1.82) is 0 Å². The van der Waals surface area contributed by atoms with Crippen molar-refractivity contribution in [2.75, 3.05) is 0 Å². The normalized spacial score (nSPS) is 26.6. The number of ketones is 2. The second kappa shape index (κ2) is 6.65. The molecule has 0 aromatic heterocycles. The molecule has 0 amide bonds. The molecule has 0 spiro atoms. The second-order valence-corrected chi connectivity index (χ2v) is 5.66. The van der Waals surface area contributed by atoms with E-state index in [9.17, 15) is 24.3 Å². The fourth-order valence-electron chi connectivity index (χ4n) is 3.09. The molecule has 0 saturated heterocycles. The molecule has 2 N–H and O–H groups in total. The maximum Gasteiger partial charge on any atom is 0.311 e. The van der Waals surface area contributed by atoms with Crippen molar-refractivity contribution in [3.63, 3.8) is 0 Å². The minimum atomic E-state index is -1.08. The van der Waals surface area contributed by atoms with Crippen molar-refractivity contribution < 1.29 is 29.4 Å². The molecule has 1 aliphatic carbocycles. The van der Waals surface area contributed by atoms with Gasteiger partial charge in [-0.2, -0.15) is 0 Å². The Kier molecular flexibility index (Phi) is 5.41. The summed E-state index contributed by atoms with van der Waals surface area (Å²) in [5.74, 6) is -5.41. The molecule has 1 rings (SSSR count). The van der Waals surface area contributed by atoms with Gasteiger partial charge in [0.25, 0.3) is 0 Å². The number of carbonyl (C=O) groups excluding carboxylic acids is 2. The zero-order chi connectivity index (χ0) is 16.3. The van der Waals surface area contributed by atoms with Crippen LogP contribution in [0.3, 0.4) is 0 Å². The summed E-state index contributed by atoms with van der Waals surface area (Å²) in [6.45, 7) is 4.26. The first-order chi connectivity index (χ1) is 9.65. The summed E-state index contributed by atoms with van der Waals surface area (Å²) in [7, 11) is 0. The highest BCUT2D eigenvalue weighted by molar-refractivity contribution is 5.87. The van der Waals surface area contributed by atoms with E-state index in [1.54, 1.807) is 13.0 Å². The molecule has 6 nitrogen and oxygen atoms in total. The average Bonchev–Trinajstić information content (AvgIpc) is 2.33. The highest BCUT2D eigenvalue weighted by atomic mass is 16.4. The molecule has 0 bridgehead atoms. The number of Topliss-reactive ketones (excluding diaryl/α,β-unsaturated/α-hetero) is 2. The standard InChI is InChI=1S/C15H20O6/c1-7-4-10(11(8(2)16)6-13(18)19)5-12(9(3)17)14(7)15(20)21/h4,10-12,14H,5-6H2,1-3H3,(H,18,19)(H,20,21). The van der Waals surface area contributed by atoms with Gasteiger partial charge in [-0.25, -0.2) is 0 Å². The Bertz CT molecular complexity index is 504. The highest BCUT2D eigenvalue weighted by Crippen LogP contribution is 2.38. The lowest BCUT2D eigenvalue weighted by atomic mass is 9.68. The molecule has 0 saturated carbocycles. The Hall–Kier alpha value is -1.98. The number of aliphatic carboxylic acids is 2. The molecular formula is C15H20O6. The van der Waals surface area contributed by atoms with E-state index in [0.717, 1.165) is 0 Å². The zero-order valence-electron chi connectivity index (χ0n) is 12.3. The van der Waals surface area contributed by atoms with Crippen LogP contribution < -0.4 is 0 Å². The van der Waals surface area contributed by atoms with E-state index in [4.69, 9.17) is 5.11 Å². The summed E-state index contributed by atoms with van der Waals surface area (Å²) < 4.78 is 0. The lowest BCUT2D eigenvalue weighted by molar-refractivity contribution is -0.146. The largest absolute Gasteiger partial charge is 0.481 e. The molecule has 6 heteroatoms. The van der Waals surface area contributed by atoms with E-state index in [1.807, 2.05) is 0 Å². The van der Waals surface area contributed by atoms with Crippen molar-refractivity contribution in [2.24, 2.45) is 23.7 Å². The number of hydrogen-bond acceptors (Lipinski definition) is 4. The van der Waals surface area contributed by atoms with Crippen LogP contribution in [0.4, 0.5) is 0 Å². The molecule has 4 unspecified atom stereocenters. The van der Waals surface area contributed by atoms with Crippen LogP contribution in [0.1, 0.15) is 33.6 Å². The van der Waals surface area contributed by atoms with E-state index < -0.39 is 35.6 Å². The van der Waals surface area contributed by atoms with Crippen LogP contribution in [0.2, 0.25) is 0 Å². The molecule has 0 fully saturated rings. The smallest absolute Gasteiger partial charge is 0.311 e. The molecule has 0 aromatic carbocycles. The number of carboxylic acid groups (broad SMARTS) is 2. The second-order valence-electron chi connectivity index (χ2n) is 5.66. The summed E-state index contributed by atoms with van der Waals surface area (Å²) in [6.07, 6.45) is 1.53. The van der Waals surface area contributed by atoms with E-state index in [2.05, 4.69) is 0 Å². The maximum absolute atomic E-state index is 11.7. The molecule has 0 heterocycles. The summed E-state index contributed by atoms with van der Waals surface area (Å²) in [5.41, 5.74) is 0.510. The molecule has 21 heavy (non-hydrogen) atoms. The fraction of sp³-hybridized carbons (Fsp3) is 0.600. The van der Waals surface area contributed by atoms with Crippen molar-refractivity contribution in [1.82, 2.24) is 0 Å². The number of hydrogen-bond donors (Lipinski definition) is 2. The molecule has 0 aromatic rings. The first-order valence-electron chi connectivity index (χ1n) is 6.79. The average molecular weight is 296 g/mol. The van der Waals surface area contributed by atoms with Gasteiger partial charge >= 0.3 is 11.9 Å². The van der Waals surface area contributed by atoms with Crippen molar-refractivity contribution in [3.05, 3.63) is 11.6 Å². The van der Waals surface area contributed by atoms with Crippen LogP contribution in [0.15, 0.2) is 11.6 Å². The molecule has 1 aliphatic rings. The van der Waals surface area contributed by atoms with Crippen LogP contribution in [0.5, 0.6) is 0 Å². The van der Waals surface area contributed by atoms with Gasteiger partial charge in [-0.05, 0) is 33.1 Å². The topological polar surface area (TPSA) is 109 Å². The minimum absolute atomic E-state index is 0.196. The lowest BCUT2D eigenvalue weighted by Crippen LogP contribution is -2.37. The number of allylic oxidation sites excluding steroid dienone is 1. The van der Waals surface area contributed by atoms with Gasteiger partial charge < -0.3 is 10.2 Å². The summed E-state index contributed by atoms with van der Waals surface area (Å²) in [6, 6.07) is 0. The Morgan fingerprint density at radius 1 is 1.24 bits per heavy atom. The third-order valence-corrected chi connectivity index (χ3v) is 4.12. The van der Waals surface area contributed by atoms with Gasteiger partial charge in [-0.3, -0.25) is 19.2 Å². The number of carbonyl (C=O) groups is 4. The van der Waals surface area contributed by atoms with Gasteiger partial charge in [0.1, 0.15) is 11.6 Å². The van der Waals surface area contributed by atoms with Gasteiger partial charge in [-0.1, -0.05) is 11.6 Å². The maximum atomic E-state index is 11.7. The van der Waals surface area contributed by atoms with E-state index in [1.165, 1.54) is 13.8 Å². The molecule has 0 radical (unpaired) electrons. The van der Waals surface area contributed by atoms with E-state index in [0.29, 0.717) is 5.57 Å². The minimum Gasteiger partial charge on any atom is -0.481 e. The predicted molar refractivity (Wildman–Crippen MR) is 73.6 cm³/mol. The van der Waals surface area contributed by atoms with Crippen molar-refractivity contribution >= 4 is 23.5 Å². The van der Waals surface area contributed by atoms with Gasteiger partial charge in [-0.15, -0.1) is 0 Å². The van der Waals surface area contributed by atoms with Gasteiger partial charge in [0, 0.05) is 11.8 Å². The van der Waals surface area contributed by atoms with E-state index in [-0.39, 0.29) is 24.4 Å². The lowest BCUT2D eigenvalue weighted by Gasteiger charge is -2.34. The SMILES string of the molecule is CC(=O)C(CC(=O)O)C1C=C(C)C(C(=O)O)C(C(C)=O)C1. The monoisotopic (exact) mass is 296 g/mol. The summed E-state index contributed by atoms with van der Waals surface area (Å²) >= 11 is 0. The number of carboxylic acids is 2. The summed E-state index contributed by atoms with van der Waals surface area (Å²) in [4.78, 5) is 45.6. The third kappa shape index (κ3) is 4.00. The Morgan fingerprint density at radius 3 is 2.19 bits per heavy atom. The van der Waals surface area contributed by atoms with Crippen LogP contribution in [-0.4, -0.2) is 33.7 Å². The fourth-order valence-corrected chi connectivity index (χ4v) is 3.09. The van der Waals surface area contributed by atoms with Crippen molar-refractivity contribution in [3.8, 4) is 0 Å². The van der Waals surface area contributed by atoms with Crippen LogP contribution in [0, 0.1) is 23.7 Å². The van der Waals surface area contributed by atoms with Crippen LogP contribution in [-0.2, 0) is 19.2 Å². The van der Waals surface area contributed by atoms with Gasteiger partial charge in [0.2, 0.25) is 0 Å². The van der Waals surface area contributed by atoms with Crippen molar-refractivity contribution in [2.45, 2.75) is 33.6 Å². The molecule has 0 aliphatic heterocycles. The van der Waals surface area contributed by atoms with Crippen LogP contribution >= 0.6 is 0 Å². The Labute approximate surface area is 122 Å². The van der Waals surface area contributed by atoms with Crippen LogP contribution in [0.25, 0.3) is 0 Å². The molecule has 4 atom stereocenters. The molecular weight excluding hydrogens is 276 g/mol. The predicted octanol–water partition coefficient (Wildman–Crippen LogP) is 1.54. The highest BCUT2D eigenvalue weighted by Gasteiger charge is 2.41. The zero-order valence-corrected chi connectivity index (χ0v) is 12.3. The first kappa shape index (κ1) is 17.1. The third-order valence-electron chi connectivity index (χ3n) is 4.12. The number of rotatable bonds is 6. The Morgan fingerprint density at radius 2 is 1.81 bits per heavy atom. The first-order valence-corrected chi connectivity index (χ1v) is 6.79.